The molecule has 0 radical (unpaired) electrons. The summed E-state index contributed by atoms with van der Waals surface area (Å²) in [7, 11) is 1.99. The molecule has 1 fully saturated rings. The number of benzene rings is 1. The molecule has 1 saturated carbocycles. The fourth-order valence-electron chi connectivity index (χ4n) is 3.79. The number of nitrogens with two attached hydrogens (primary N) is 1. The maximum absolute atomic E-state index is 13.4. The largest absolute Gasteiger partial charge is 0.350 e. The highest BCUT2D eigenvalue weighted by atomic mass is 19.1. The summed E-state index contributed by atoms with van der Waals surface area (Å²) in [6, 6.07) is 5.08. The Bertz CT molecular complexity index is 596. The molecule has 1 heterocycles. The lowest BCUT2D eigenvalue weighted by atomic mass is 9.77. The van der Waals surface area contributed by atoms with Crippen LogP contribution in [0.2, 0.25) is 0 Å². The minimum atomic E-state index is -0.174. The quantitative estimate of drug-likeness (QED) is 0.903. The first-order valence-electron chi connectivity index (χ1n) is 7.65. The highest BCUT2D eigenvalue weighted by Gasteiger charge is 2.26. The Morgan fingerprint density at radius 1 is 1.30 bits per heavy atom. The third-order valence-corrected chi connectivity index (χ3v) is 4.86. The zero-order valence-electron chi connectivity index (χ0n) is 12.1. The Kier molecular flexibility index (Phi) is 3.79. The fraction of sp³-hybridized carbons (Fsp3) is 0.529. The molecule has 2 nitrogen and oxygen atoms in total. The van der Waals surface area contributed by atoms with Gasteiger partial charge in [-0.3, -0.25) is 0 Å². The van der Waals surface area contributed by atoms with Crippen LogP contribution < -0.4 is 5.73 Å². The zero-order valence-corrected chi connectivity index (χ0v) is 12.1. The molecular weight excluding hydrogens is 251 g/mol. The van der Waals surface area contributed by atoms with Crippen LogP contribution in [0.4, 0.5) is 4.39 Å². The minimum absolute atomic E-state index is 0.174. The molecule has 1 aromatic heterocycles. The van der Waals surface area contributed by atoms with Crippen molar-refractivity contribution >= 4 is 10.9 Å². The smallest absolute Gasteiger partial charge is 0.125 e. The molecule has 3 rings (SSSR count). The standard InChI is InChI=1S/C17H23FN2/c1-20-11-16(14-8-7-13(18)9-17(14)20)15(10-19)12-5-3-2-4-6-12/h7-9,11-12,15H,2-6,10,19H2,1H3. The molecule has 0 saturated heterocycles. The van der Waals surface area contributed by atoms with Crippen LogP contribution in [-0.2, 0) is 7.05 Å². The average molecular weight is 274 g/mol. The van der Waals surface area contributed by atoms with E-state index in [9.17, 15) is 4.39 Å². The molecule has 20 heavy (non-hydrogen) atoms. The Morgan fingerprint density at radius 3 is 2.75 bits per heavy atom. The second-order valence-electron chi connectivity index (χ2n) is 6.10. The maximum Gasteiger partial charge on any atom is 0.125 e. The molecule has 3 heteroatoms. The highest BCUT2D eigenvalue weighted by molar-refractivity contribution is 5.84. The summed E-state index contributed by atoms with van der Waals surface area (Å²) in [6.45, 7) is 0.682. The van der Waals surface area contributed by atoms with E-state index in [1.165, 1.54) is 37.7 Å². The molecule has 2 N–H and O–H groups in total. The number of halogens is 1. The molecule has 1 aliphatic rings. The maximum atomic E-state index is 13.4. The SMILES string of the molecule is Cn1cc(C(CN)C2CCCCC2)c2ccc(F)cc21. The van der Waals surface area contributed by atoms with Gasteiger partial charge in [-0.1, -0.05) is 19.3 Å². The van der Waals surface area contributed by atoms with Crippen LogP contribution in [0.1, 0.15) is 43.6 Å². The van der Waals surface area contributed by atoms with Crippen molar-refractivity contribution in [2.24, 2.45) is 18.7 Å². The van der Waals surface area contributed by atoms with Gasteiger partial charge in [0, 0.05) is 24.5 Å². The number of nitrogens with zero attached hydrogens (tertiary/aromatic N) is 1. The molecule has 1 aliphatic carbocycles. The molecule has 1 unspecified atom stereocenters. The van der Waals surface area contributed by atoms with E-state index in [-0.39, 0.29) is 5.82 Å². The lowest BCUT2D eigenvalue weighted by molar-refractivity contribution is 0.308. The summed E-state index contributed by atoms with van der Waals surface area (Å²) in [4.78, 5) is 0. The van der Waals surface area contributed by atoms with Gasteiger partial charge in [-0.05, 0) is 49.1 Å². The van der Waals surface area contributed by atoms with Gasteiger partial charge in [-0.25, -0.2) is 4.39 Å². The number of hydrogen-bond donors (Lipinski definition) is 1. The van der Waals surface area contributed by atoms with Crippen LogP contribution >= 0.6 is 0 Å². The Hall–Kier alpha value is -1.35. The van der Waals surface area contributed by atoms with Crippen LogP contribution in [0, 0.1) is 11.7 Å². The molecule has 108 valence electrons. The van der Waals surface area contributed by atoms with Crippen molar-refractivity contribution in [1.82, 2.24) is 4.57 Å². The van der Waals surface area contributed by atoms with Crippen molar-refractivity contribution in [3.63, 3.8) is 0 Å². The lowest BCUT2D eigenvalue weighted by Crippen LogP contribution is -2.23. The zero-order chi connectivity index (χ0) is 14.1. The van der Waals surface area contributed by atoms with Crippen molar-refractivity contribution in [2.45, 2.75) is 38.0 Å². The van der Waals surface area contributed by atoms with Crippen LogP contribution in [0.5, 0.6) is 0 Å². The third kappa shape index (κ3) is 2.35. The van der Waals surface area contributed by atoms with E-state index in [2.05, 4.69) is 6.20 Å². The van der Waals surface area contributed by atoms with Gasteiger partial charge in [0.15, 0.2) is 0 Å². The number of aromatic nitrogens is 1. The first-order chi connectivity index (χ1) is 9.70. The van der Waals surface area contributed by atoms with E-state index in [0.29, 0.717) is 18.4 Å². The number of rotatable bonds is 3. The summed E-state index contributed by atoms with van der Waals surface area (Å²) in [5, 5.41) is 1.16. The molecule has 0 spiro atoms. The van der Waals surface area contributed by atoms with Crippen LogP contribution in [0.25, 0.3) is 10.9 Å². The molecule has 2 aromatic rings. The van der Waals surface area contributed by atoms with Gasteiger partial charge in [-0.2, -0.15) is 0 Å². The second-order valence-corrected chi connectivity index (χ2v) is 6.10. The third-order valence-electron chi connectivity index (χ3n) is 4.86. The molecule has 0 amide bonds. The van der Waals surface area contributed by atoms with Crippen LogP contribution in [0.15, 0.2) is 24.4 Å². The van der Waals surface area contributed by atoms with E-state index in [0.717, 1.165) is 10.9 Å². The summed E-state index contributed by atoms with van der Waals surface area (Å²) >= 11 is 0. The molecule has 1 aromatic carbocycles. The van der Waals surface area contributed by atoms with Crippen LogP contribution in [0.3, 0.4) is 0 Å². The summed E-state index contributed by atoms with van der Waals surface area (Å²) in [6.07, 6.45) is 8.70. The Labute approximate surface area is 119 Å². The first-order valence-corrected chi connectivity index (χ1v) is 7.65. The molecular formula is C17H23FN2. The predicted molar refractivity (Wildman–Crippen MR) is 81.2 cm³/mol. The van der Waals surface area contributed by atoms with Crippen LogP contribution in [-0.4, -0.2) is 11.1 Å². The molecule has 0 aliphatic heterocycles. The summed E-state index contributed by atoms with van der Waals surface area (Å²) in [5.74, 6) is 0.918. The van der Waals surface area contributed by atoms with E-state index in [1.807, 2.05) is 17.7 Å². The number of hydrogen-bond acceptors (Lipinski definition) is 1. The summed E-state index contributed by atoms with van der Waals surface area (Å²) in [5.41, 5.74) is 8.35. The van der Waals surface area contributed by atoms with Gasteiger partial charge in [0.25, 0.3) is 0 Å². The van der Waals surface area contributed by atoms with Crippen molar-refractivity contribution in [3.05, 3.63) is 35.8 Å². The average Bonchev–Trinajstić information content (AvgIpc) is 2.78. The van der Waals surface area contributed by atoms with Gasteiger partial charge >= 0.3 is 0 Å². The van der Waals surface area contributed by atoms with Gasteiger partial charge in [0.2, 0.25) is 0 Å². The number of aryl methyl sites for hydroxylation is 1. The van der Waals surface area contributed by atoms with Gasteiger partial charge in [0.1, 0.15) is 5.82 Å². The van der Waals surface area contributed by atoms with Crippen molar-refractivity contribution in [1.29, 1.82) is 0 Å². The van der Waals surface area contributed by atoms with Gasteiger partial charge in [0.05, 0.1) is 5.52 Å². The van der Waals surface area contributed by atoms with E-state index < -0.39 is 0 Å². The Morgan fingerprint density at radius 2 is 2.05 bits per heavy atom. The van der Waals surface area contributed by atoms with Gasteiger partial charge in [-0.15, -0.1) is 0 Å². The van der Waals surface area contributed by atoms with Crippen molar-refractivity contribution in [3.8, 4) is 0 Å². The van der Waals surface area contributed by atoms with E-state index >= 15 is 0 Å². The topological polar surface area (TPSA) is 30.9 Å². The lowest BCUT2D eigenvalue weighted by Gasteiger charge is -2.29. The molecule has 0 bridgehead atoms. The Balaban J connectivity index is 2.03. The number of fused-ring (bicyclic) bond motifs is 1. The van der Waals surface area contributed by atoms with E-state index in [4.69, 9.17) is 5.73 Å². The monoisotopic (exact) mass is 274 g/mol. The first kappa shape index (κ1) is 13.6. The molecule has 1 atom stereocenters. The van der Waals surface area contributed by atoms with Crippen molar-refractivity contribution < 1.29 is 4.39 Å². The van der Waals surface area contributed by atoms with Crippen molar-refractivity contribution in [2.75, 3.05) is 6.54 Å². The summed E-state index contributed by atoms with van der Waals surface area (Å²) < 4.78 is 15.5. The second kappa shape index (κ2) is 5.57. The predicted octanol–water partition coefficient (Wildman–Crippen LogP) is 3.94. The van der Waals surface area contributed by atoms with Gasteiger partial charge < -0.3 is 10.3 Å². The fourth-order valence-corrected chi connectivity index (χ4v) is 3.79. The highest BCUT2D eigenvalue weighted by Crippen LogP contribution is 2.38. The normalized spacial score (nSPS) is 18.6. The van der Waals surface area contributed by atoms with E-state index in [1.54, 1.807) is 12.1 Å². The minimum Gasteiger partial charge on any atom is -0.350 e.